The van der Waals surface area contributed by atoms with Crippen molar-refractivity contribution in [1.82, 2.24) is 9.62 Å². The number of benzene rings is 2. The Morgan fingerprint density at radius 1 is 1.07 bits per heavy atom. The third-order valence-electron chi connectivity index (χ3n) is 5.82. The van der Waals surface area contributed by atoms with Crippen LogP contribution in [0.1, 0.15) is 28.8 Å². The molecule has 0 radical (unpaired) electrons. The largest absolute Gasteiger partial charge is 0.497 e. The summed E-state index contributed by atoms with van der Waals surface area (Å²) in [6.07, 6.45) is 1.99. The van der Waals surface area contributed by atoms with E-state index in [1.807, 2.05) is 24.3 Å². The van der Waals surface area contributed by atoms with Crippen LogP contribution in [0.4, 0.5) is 0 Å². The van der Waals surface area contributed by atoms with Gasteiger partial charge in [0.05, 0.1) is 19.8 Å². The first-order valence-electron chi connectivity index (χ1n) is 9.51. The van der Waals surface area contributed by atoms with Crippen LogP contribution in [0.5, 0.6) is 11.5 Å². The second-order valence-electron chi connectivity index (χ2n) is 7.50. The number of fused-ring (bicyclic) bond motifs is 1. The van der Waals surface area contributed by atoms with Crippen molar-refractivity contribution in [3.05, 3.63) is 53.6 Å². The third kappa shape index (κ3) is 3.47. The Bertz CT molecular complexity index is 1050. The number of nitrogens with one attached hydrogen (secondary N) is 1. The lowest BCUT2D eigenvalue weighted by atomic mass is 9.92. The van der Waals surface area contributed by atoms with Crippen LogP contribution >= 0.6 is 0 Å². The Balaban J connectivity index is 1.63. The number of hydrogen-bond donors (Lipinski definition) is 1. The fraction of sp³-hybridized carbons (Fsp3) is 0.381. The van der Waals surface area contributed by atoms with Crippen molar-refractivity contribution in [2.24, 2.45) is 0 Å². The van der Waals surface area contributed by atoms with Gasteiger partial charge in [-0.15, -0.1) is 0 Å². The predicted octanol–water partition coefficient (Wildman–Crippen LogP) is 2.21. The van der Waals surface area contributed by atoms with Gasteiger partial charge in [0.1, 0.15) is 16.4 Å². The van der Waals surface area contributed by atoms with Crippen molar-refractivity contribution < 1.29 is 22.7 Å². The number of rotatable bonds is 4. The van der Waals surface area contributed by atoms with Crippen LogP contribution in [0.15, 0.2) is 47.4 Å². The van der Waals surface area contributed by atoms with Crippen molar-refractivity contribution in [3.63, 3.8) is 0 Å². The van der Waals surface area contributed by atoms with E-state index in [2.05, 4.69) is 5.32 Å². The Labute approximate surface area is 170 Å². The zero-order valence-corrected chi connectivity index (χ0v) is 17.3. The molecule has 2 aromatic carbocycles. The molecule has 0 saturated carbocycles. The molecule has 29 heavy (non-hydrogen) atoms. The molecule has 2 heterocycles. The summed E-state index contributed by atoms with van der Waals surface area (Å²) in [6, 6.07) is 12.3. The Morgan fingerprint density at radius 3 is 2.62 bits per heavy atom. The van der Waals surface area contributed by atoms with E-state index >= 15 is 0 Å². The second kappa shape index (κ2) is 7.35. The van der Waals surface area contributed by atoms with E-state index in [9.17, 15) is 13.2 Å². The van der Waals surface area contributed by atoms with Crippen molar-refractivity contribution in [3.8, 4) is 11.5 Å². The lowest BCUT2D eigenvalue weighted by Gasteiger charge is -2.29. The summed E-state index contributed by atoms with van der Waals surface area (Å²) >= 11 is 0. The molecule has 1 N–H and O–H groups in total. The first kappa shape index (κ1) is 19.7. The summed E-state index contributed by atoms with van der Waals surface area (Å²) in [4.78, 5) is 12.8. The number of sulfonamides is 1. The lowest BCUT2D eigenvalue weighted by molar-refractivity contribution is 0.0906. The summed E-state index contributed by atoms with van der Waals surface area (Å²) < 4.78 is 38.6. The van der Waals surface area contributed by atoms with Crippen LogP contribution in [0.25, 0.3) is 0 Å². The minimum atomic E-state index is -3.81. The average Bonchev–Trinajstić information content (AvgIpc) is 3.10. The molecule has 1 amide bonds. The lowest BCUT2D eigenvalue weighted by Crippen LogP contribution is -2.50. The topological polar surface area (TPSA) is 84.9 Å². The Morgan fingerprint density at radius 2 is 1.86 bits per heavy atom. The average molecular weight is 416 g/mol. The van der Waals surface area contributed by atoms with Gasteiger partial charge in [-0.25, -0.2) is 8.42 Å². The first-order valence-corrected chi connectivity index (χ1v) is 11.0. The molecule has 1 fully saturated rings. The second-order valence-corrected chi connectivity index (χ2v) is 9.40. The molecular formula is C21H24N2O5S. The van der Waals surface area contributed by atoms with Gasteiger partial charge in [0.15, 0.2) is 0 Å². The highest BCUT2D eigenvalue weighted by Gasteiger charge is 2.45. The third-order valence-corrected chi connectivity index (χ3v) is 7.69. The number of ether oxygens (including phenoxy) is 2. The van der Waals surface area contributed by atoms with Crippen LogP contribution in [0.3, 0.4) is 0 Å². The van der Waals surface area contributed by atoms with Gasteiger partial charge in [-0.3, -0.25) is 4.79 Å². The van der Waals surface area contributed by atoms with E-state index in [1.165, 1.54) is 24.6 Å². The molecule has 7 nitrogen and oxygen atoms in total. The zero-order valence-electron chi connectivity index (χ0n) is 16.5. The van der Waals surface area contributed by atoms with E-state index in [1.54, 1.807) is 12.1 Å². The highest BCUT2D eigenvalue weighted by atomic mass is 32.2. The van der Waals surface area contributed by atoms with Crippen molar-refractivity contribution in [2.45, 2.75) is 29.7 Å². The molecule has 1 unspecified atom stereocenters. The summed E-state index contributed by atoms with van der Waals surface area (Å²) in [5.41, 5.74) is 1.09. The number of carbonyl (C=O) groups is 1. The number of methoxy groups -OCH3 is 2. The molecule has 1 spiro atoms. The van der Waals surface area contributed by atoms with Gasteiger partial charge < -0.3 is 14.8 Å². The molecule has 2 aliphatic heterocycles. The standard InChI is InChI=1S/C21H24N2O5S/c1-27-16-7-8-18(28-2)19(13-16)29(25,26)23-12-11-21(14-23)10-9-15-5-3-4-6-17(15)20(24)22-21/h3-8,13H,9-12,14H2,1-2H3,(H,22,24). The van der Waals surface area contributed by atoms with Gasteiger partial charge in [0.25, 0.3) is 5.91 Å². The smallest absolute Gasteiger partial charge is 0.252 e. The van der Waals surface area contributed by atoms with Crippen LogP contribution in [0.2, 0.25) is 0 Å². The number of hydrogen-bond acceptors (Lipinski definition) is 5. The molecule has 0 aromatic heterocycles. The minimum absolute atomic E-state index is 0.0691. The molecule has 2 aliphatic rings. The van der Waals surface area contributed by atoms with Gasteiger partial charge in [-0.1, -0.05) is 18.2 Å². The molecule has 1 atom stereocenters. The van der Waals surface area contributed by atoms with Crippen LogP contribution < -0.4 is 14.8 Å². The fourth-order valence-corrected chi connectivity index (χ4v) is 5.87. The van der Waals surface area contributed by atoms with Gasteiger partial charge in [0, 0.05) is 24.7 Å². The molecule has 8 heteroatoms. The highest BCUT2D eigenvalue weighted by Crippen LogP contribution is 2.36. The Kier molecular flexibility index (Phi) is 5.00. The van der Waals surface area contributed by atoms with Crippen molar-refractivity contribution >= 4 is 15.9 Å². The monoisotopic (exact) mass is 416 g/mol. The first-order chi connectivity index (χ1) is 13.9. The fourth-order valence-electron chi connectivity index (χ4n) is 4.17. The van der Waals surface area contributed by atoms with Gasteiger partial charge in [-0.05, 0) is 43.0 Å². The SMILES string of the molecule is COc1ccc(OC)c(S(=O)(=O)N2CCC3(CCc4ccccc4C(=O)N3)C2)c1. The molecule has 1 saturated heterocycles. The zero-order chi connectivity index (χ0) is 20.6. The van der Waals surface area contributed by atoms with Crippen LogP contribution in [-0.2, 0) is 16.4 Å². The quantitative estimate of drug-likeness (QED) is 0.826. The maximum Gasteiger partial charge on any atom is 0.252 e. The summed E-state index contributed by atoms with van der Waals surface area (Å²) in [5.74, 6) is 0.567. The number of amides is 1. The van der Waals surface area contributed by atoms with Crippen LogP contribution in [-0.4, -0.2) is 51.5 Å². The van der Waals surface area contributed by atoms with E-state index in [0.717, 1.165) is 12.0 Å². The van der Waals surface area contributed by atoms with Crippen molar-refractivity contribution in [1.29, 1.82) is 0 Å². The molecule has 0 aliphatic carbocycles. The highest BCUT2D eigenvalue weighted by molar-refractivity contribution is 7.89. The minimum Gasteiger partial charge on any atom is -0.497 e. The maximum absolute atomic E-state index is 13.4. The summed E-state index contributed by atoms with van der Waals surface area (Å²) in [7, 11) is -0.882. The van der Waals surface area contributed by atoms with E-state index in [4.69, 9.17) is 9.47 Å². The van der Waals surface area contributed by atoms with Gasteiger partial charge in [0.2, 0.25) is 10.0 Å². The molecular weight excluding hydrogens is 392 g/mol. The maximum atomic E-state index is 13.4. The number of nitrogens with zero attached hydrogens (tertiary/aromatic N) is 1. The number of carbonyl (C=O) groups excluding carboxylic acids is 1. The molecule has 4 rings (SSSR count). The molecule has 0 bridgehead atoms. The van der Waals surface area contributed by atoms with Gasteiger partial charge in [-0.2, -0.15) is 4.31 Å². The summed E-state index contributed by atoms with van der Waals surface area (Å²) in [5, 5.41) is 3.11. The van der Waals surface area contributed by atoms with E-state index in [0.29, 0.717) is 30.7 Å². The van der Waals surface area contributed by atoms with Crippen LogP contribution in [0, 0.1) is 0 Å². The van der Waals surface area contributed by atoms with Gasteiger partial charge >= 0.3 is 0 Å². The normalized spacial score (nSPS) is 22.1. The van der Waals surface area contributed by atoms with E-state index in [-0.39, 0.29) is 23.1 Å². The summed E-state index contributed by atoms with van der Waals surface area (Å²) in [6.45, 7) is 0.564. The molecule has 2 aromatic rings. The predicted molar refractivity (Wildman–Crippen MR) is 108 cm³/mol. The Hall–Kier alpha value is -2.58. The van der Waals surface area contributed by atoms with Crippen molar-refractivity contribution in [2.75, 3.05) is 27.3 Å². The molecule has 154 valence electrons. The number of aryl methyl sites for hydroxylation is 1. The van der Waals surface area contributed by atoms with E-state index < -0.39 is 15.6 Å².